The van der Waals surface area contributed by atoms with E-state index in [-0.39, 0.29) is 6.04 Å². The maximum atomic E-state index is 9.70. The quantitative estimate of drug-likeness (QED) is 0.805. The normalized spacial score (nSPS) is 12.8. The second kappa shape index (κ2) is 5.75. The smallest absolute Gasteiger partial charge is 0.119 e. The Labute approximate surface area is 97.2 Å². The van der Waals surface area contributed by atoms with Gasteiger partial charge in [-0.05, 0) is 42.5 Å². The second-order valence-corrected chi connectivity index (χ2v) is 4.59. The molecule has 0 spiro atoms. The van der Waals surface area contributed by atoms with E-state index in [2.05, 4.69) is 13.8 Å². The number of aromatic hydroxyl groups is 1. The first-order valence-corrected chi connectivity index (χ1v) is 5.64. The second-order valence-electron chi connectivity index (χ2n) is 4.59. The predicted molar refractivity (Wildman–Crippen MR) is 65.8 cm³/mol. The van der Waals surface area contributed by atoms with Crippen molar-refractivity contribution >= 4 is 0 Å². The Morgan fingerprint density at radius 1 is 1.38 bits per heavy atom. The van der Waals surface area contributed by atoms with Crippen LogP contribution >= 0.6 is 0 Å². The molecule has 90 valence electrons. The van der Waals surface area contributed by atoms with Crippen LogP contribution in [0.4, 0.5) is 0 Å². The van der Waals surface area contributed by atoms with Gasteiger partial charge in [0.1, 0.15) is 11.5 Å². The van der Waals surface area contributed by atoms with Crippen molar-refractivity contribution in [3.05, 3.63) is 23.8 Å². The molecule has 0 aliphatic heterocycles. The van der Waals surface area contributed by atoms with Gasteiger partial charge in [0, 0.05) is 6.04 Å². The summed E-state index contributed by atoms with van der Waals surface area (Å²) < 4.78 is 5.12. The number of benzene rings is 1. The van der Waals surface area contributed by atoms with Gasteiger partial charge < -0.3 is 15.6 Å². The van der Waals surface area contributed by atoms with Crippen molar-refractivity contribution in [1.82, 2.24) is 0 Å². The van der Waals surface area contributed by atoms with Crippen molar-refractivity contribution in [2.75, 3.05) is 7.11 Å². The monoisotopic (exact) mass is 223 g/mol. The van der Waals surface area contributed by atoms with Gasteiger partial charge in [-0.3, -0.25) is 0 Å². The third-order valence-corrected chi connectivity index (χ3v) is 2.54. The topological polar surface area (TPSA) is 55.5 Å². The van der Waals surface area contributed by atoms with Crippen LogP contribution < -0.4 is 10.5 Å². The fraction of sp³-hybridized carbons (Fsp3) is 0.538. The Hall–Kier alpha value is -1.22. The number of methoxy groups -OCH3 is 1. The van der Waals surface area contributed by atoms with Crippen molar-refractivity contribution in [2.24, 2.45) is 11.7 Å². The summed E-state index contributed by atoms with van der Waals surface area (Å²) in [4.78, 5) is 0. The van der Waals surface area contributed by atoms with Crippen LogP contribution in [-0.2, 0) is 6.42 Å². The van der Waals surface area contributed by atoms with Crippen LogP contribution in [0.15, 0.2) is 18.2 Å². The highest BCUT2D eigenvalue weighted by atomic mass is 16.5. The van der Waals surface area contributed by atoms with Gasteiger partial charge in [-0.1, -0.05) is 13.8 Å². The highest BCUT2D eigenvalue weighted by Crippen LogP contribution is 2.24. The van der Waals surface area contributed by atoms with E-state index in [0.717, 1.165) is 17.7 Å². The van der Waals surface area contributed by atoms with Crippen LogP contribution in [0.1, 0.15) is 25.8 Å². The Morgan fingerprint density at radius 2 is 2.06 bits per heavy atom. The van der Waals surface area contributed by atoms with Gasteiger partial charge in [0.25, 0.3) is 0 Å². The van der Waals surface area contributed by atoms with Crippen LogP contribution in [0.3, 0.4) is 0 Å². The molecule has 0 fully saturated rings. The summed E-state index contributed by atoms with van der Waals surface area (Å²) in [6, 6.07) is 5.32. The van der Waals surface area contributed by atoms with Crippen molar-refractivity contribution in [3.63, 3.8) is 0 Å². The van der Waals surface area contributed by atoms with E-state index in [1.165, 1.54) is 0 Å². The van der Waals surface area contributed by atoms with Gasteiger partial charge in [0.05, 0.1) is 7.11 Å². The molecule has 0 bridgehead atoms. The summed E-state index contributed by atoms with van der Waals surface area (Å²) in [6.45, 7) is 4.29. The van der Waals surface area contributed by atoms with Crippen LogP contribution in [0.5, 0.6) is 11.5 Å². The lowest BCUT2D eigenvalue weighted by Crippen LogP contribution is -2.24. The lowest BCUT2D eigenvalue weighted by molar-refractivity contribution is 0.409. The minimum Gasteiger partial charge on any atom is -0.508 e. The number of phenolic OH excluding ortho intramolecular Hbond substituents is 1. The third kappa shape index (κ3) is 3.74. The number of hydrogen-bond acceptors (Lipinski definition) is 3. The number of hydrogen-bond donors (Lipinski definition) is 2. The van der Waals surface area contributed by atoms with Crippen LogP contribution in [0.25, 0.3) is 0 Å². The SMILES string of the molecule is COc1ccc(O)c(CC(N)CC(C)C)c1. The summed E-state index contributed by atoms with van der Waals surface area (Å²) >= 11 is 0. The largest absolute Gasteiger partial charge is 0.508 e. The molecule has 1 atom stereocenters. The lowest BCUT2D eigenvalue weighted by atomic mass is 9.97. The first kappa shape index (κ1) is 12.8. The molecule has 3 nitrogen and oxygen atoms in total. The van der Waals surface area contributed by atoms with Gasteiger partial charge in [-0.25, -0.2) is 0 Å². The van der Waals surface area contributed by atoms with Crippen LogP contribution in [0.2, 0.25) is 0 Å². The van der Waals surface area contributed by atoms with E-state index in [9.17, 15) is 5.11 Å². The molecule has 0 aromatic heterocycles. The minimum atomic E-state index is 0.0815. The van der Waals surface area contributed by atoms with E-state index >= 15 is 0 Å². The van der Waals surface area contributed by atoms with Crippen molar-refractivity contribution in [1.29, 1.82) is 0 Å². The zero-order valence-electron chi connectivity index (χ0n) is 10.2. The molecule has 1 aromatic carbocycles. The summed E-state index contributed by atoms with van der Waals surface area (Å²) in [5.41, 5.74) is 6.87. The molecule has 0 heterocycles. The maximum absolute atomic E-state index is 9.70. The Morgan fingerprint density at radius 3 is 2.62 bits per heavy atom. The predicted octanol–water partition coefficient (Wildman–Crippen LogP) is 2.32. The average Bonchev–Trinajstić information content (AvgIpc) is 2.20. The van der Waals surface area contributed by atoms with E-state index in [0.29, 0.717) is 18.1 Å². The lowest BCUT2D eigenvalue weighted by Gasteiger charge is -2.15. The van der Waals surface area contributed by atoms with Gasteiger partial charge >= 0.3 is 0 Å². The third-order valence-electron chi connectivity index (χ3n) is 2.54. The number of nitrogens with two attached hydrogens (primary N) is 1. The minimum absolute atomic E-state index is 0.0815. The highest BCUT2D eigenvalue weighted by molar-refractivity contribution is 5.39. The molecule has 0 saturated heterocycles. The zero-order chi connectivity index (χ0) is 12.1. The Balaban J connectivity index is 2.71. The van der Waals surface area contributed by atoms with Crippen molar-refractivity contribution in [3.8, 4) is 11.5 Å². The number of rotatable bonds is 5. The molecule has 1 rings (SSSR count). The van der Waals surface area contributed by atoms with Crippen molar-refractivity contribution in [2.45, 2.75) is 32.7 Å². The first-order chi connectivity index (χ1) is 7.52. The molecule has 3 heteroatoms. The van der Waals surface area contributed by atoms with Crippen LogP contribution in [0, 0.1) is 5.92 Å². The van der Waals surface area contributed by atoms with Gasteiger partial charge in [-0.15, -0.1) is 0 Å². The molecule has 0 aliphatic rings. The van der Waals surface area contributed by atoms with Gasteiger partial charge in [-0.2, -0.15) is 0 Å². The molecular formula is C13H21NO2. The molecule has 0 radical (unpaired) electrons. The maximum Gasteiger partial charge on any atom is 0.119 e. The fourth-order valence-corrected chi connectivity index (χ4v) is 1.82. The molecule has 3 N–H and O–H groups in total. The summed E-state index contributed by atoms with van der Waals surface area (Å²) in [5.74, 6) is 1.62. The van der Waals surface area contributed by atoms with Gasteiger partial charge in [0.15, 0.2) is 0 Å². The fourth-order valence-electron chi connectivity index (χ4n) is 1.82. The standard InChI is InChI=1S/C13H21NO2/c1-9(2)6-11(14)7-10-8-12(16-3)4-5-13(10)15/h4-5,8-9,11,15H,6-7,14H2,1-3H3. The Bertz CT molecular complexity index is 337. The van der Waals surface area contributed by atoms with E-state index in [1.807, 2.05) is 6.07 Å². The number of phenols is 1. The van der Waals surface area contributed by atoms with E-state index in [1.54, 1.807) is 19.2 Å². The number of ether oxygens (including phenoxy) is 1. The summed E-state index contributed by atoms with van der Waals surface area (Å²) in [6.07, 6.45) is 1.64. The first-order valence-electron chi connectivity index (χ1n) is 5.64. The van der Waals surface area contributed by atoms with Crippen molar-refractivity contribution < 1.29 is 9.84 Å². The molecule has 16 heavy (non-hydrogen) atoms. The zero-order valence-corrected chi connectivity index (χ0v) is 10.2. The summed E-state index contributed by atoms with van der Waals surface area (Å²) in [5, 5.41) is 9.70. The molecule has 1 unspecified atom stereocenters. The summed E-state index contributed by atoms with van der Waals surface area (Å²) in [7, 11) is 1.62. The van der Waals surface area contributed by atoms with Crippen LogP contribution in [-0.4, -0.2) is 18.3 Å². The van der Waals surface area contributed by atoms with Gasteiger partial charge in [0.2, 0.25) is 0 Å². The highest BCUT2D eigenvalue weighted by Gasteiger charge is 2.10. The molecule has 0 saturated carbocycles. The average molecular weight is 223 g/mol. The van der Waals surface area contributed by atoms with E-state index in [4.69, 9.17) is 10.5 Å². The van der Waals surface area contributed by atoms with E-state index < -0.39 is 0 Å². The molecule has 0 aliphatic carbocycles. The molecular weight excluding hydrogens is 202 g/mol. The molecule has 0 amide bonds. The molecule has 1 aromatic rings. The Kier molecular flexibility index (Phi) is 4.62.